The van der Waals surface area contributed by atoms with Crippen LogP contribution in [0.1, 0.15) is 29.8 Å². The second-order valence-corrected chi connectivity index (χ2v) is 6.44. The van der Waals surface area contributed by atoms with Crippen LogP contribution in [0.5, 0.6) is 11.5 Å². The van der Waals surface area contributed by atoms with Crippen LogP contribution in [-0.4, -0.2) is 24.3 Å². The van der Waals surface area contributed by atoms with Gasteiger partial charge in [0.1, 0.15) is 0 Å². The van der Waals surface area contributed by atoms with Gasteiger partial charge < -0.3 is 19.9 Å². The first-order chi connectivity index (χ1) is 11.8. The summed E-state index contributed by atoms with van der Waals surface area (Å²) in [5.74, 6) is 0.00263. The molecule has 0 saturated carbocycles. The lowest BCUT2D eigenvalue weighted by atomic mass is 10.1. The number of hydrogen-bond acceptors (Lipinski definition) is 4. The highest BCUT2D eigenvalue weighted by Crippen LogP contribution is 2.37. The number of rotatable bonds is 7. The van der Waals surface area contributed by atoms with E-state index in [9.17, 15) is 4.79 Å². The third-order valence-corrected chi connectivity index (χ3v) is 3.93. The zero-order chi connectivity index (χ0) is 18.6. The zero-order valence-electron chi connectivity index (χ0n) is 14.1. The fourth-order valence-electron chi connectivity index (χ4n) is 2.23. The molecular weight excluding hydrogens is 365 g/mol. The van der Waals surface area contributed by atoms with Crippen LogP contribution < -0.4 is 14.8 Å². The molecule has 2 aromatic carbocycles. The van der Waals surface area contributed by atoms with Crippen molar-refractivity contribution in [2.75, 3.05) is 12.4 Å². The standard InChI is InChI=1S/C18H19Cl2NO4/c1-10(2)25-17-15(20)6-11(7-16(17)24-3)9-21-12-4-5-13(18(22)23)14(19)8-12/h4-8,10,21H,9H2,1-3H3,(H,22,23). The lowest BCUT2D eigenvalue weighted by molar-refractivity contribution is 0.0697. The molecule has 0 aliphatic rings. The summed E-state index contributed by atoms with van der Waals surface area (Å²) in [6, 6.07) is 8.32. The average molecular weight is 384 g/mol. The van der Waals surface area contributed by atoms with Crippen molar-refractivity contribution >= 4 is 34.9 Å². The highest BCUT2D eigenvalue weighted by atomic mass is 35.5. The summed E-state index contributed by atoms with van der Waals surface area (Å²) in [7, 11) is 1.56. The van der Waals surface area contributed by atoms with Crippen molar-refractivity contribution in [3.63, 3.8) is 0 Å². The Morgan fingerprint density at radius 1 is 1.20 bits per heavy atom. The number of anilines is 1. The molecule has 0 heterocycles. The van der Waals surface area contributed by atoms with Gasteiger partial charge in [0.15, 0.2) is 11.5 Å². The fourth-order valence-corrected chi connectivity index (χ4v) is 2.77. The predicted molar refractivity (Wildman–Crippen MR) is 99.5 cm³/mol. The topological polar surface area (TPSA) is 67.8 Å². The molecule has 0 fully saturated rings. The first kappa shape index (κ1) is 19.2. The van der Waals surface area contributed by atoms with E-state index in [2.05, 4.69) is 5.32 Å². The molecule has 7 heteroatoms. The van der Waals surface area contributed by atoms with E-state index >= 15 is 0 Å². The molecule has 0 atom stereocenters. The van der Waals surface area contributed by atoms with E-state index in [1.165, 1.54) is 6.07 Å². The highest BCUT2D eigenvalue weighted by molar-refractivity contribution is 6.33. The number of carboxylic acid groups (broad SMARTS) is 1. The molecule has 0 aliphatic carbocycles. The van der Waals surface area contributed by atoms with Crippen LogP contribution in [0.15, 0.2) is 30.3 Å². The molecule has 134 valence electrons. The maximum Gasteiger partial charge on any atom is 0.337 e. The minimum atomic E-state index is -1.06. The molecule has 2 N–H and O–H groups in total. The van der Waals surface area contributed by atoms with E-state index in [-0.39, 0.29) is 16.7 Å². The minimum absolute atomic E-state index is 0.0229. The molecule has 0 aromatic heterocycles. The first-order valence-corrected chi connectivity index (χ1v) is 8.37. The monoisotopic (exact) mass is 383 g/mol. The quantitative estimate of drug-likeness (QED) is 0.695. The van der Waals surface area contributed by atoms with Gasteiger partial charge in [-0.15, -0.1) is 0 Å². The normalized spacial score (nSPS) is 10.6. The fraction of sp³-hybridized carbons (Fsp3) is 0.278. The van der Waals surface area contributed by atoms with E-state index < -0.39 is 5.97 Å². The number of carboxylic acids is 1. The van der Waals surface area contributed by atoms with E-state index in [4.69, 9.17) is 37.8 Å². The number of benzene rings is 2. The van der Waals surface area contributed by atoms with Crippen molar-refractivity contribution in [2.24, 2.45) is 0 Å². The Morgan fingerprint density at radius 3 is 2.48 bits per heavy atom. The average Bonchev–Trinajstić information content (AvgIpc) is 2.54. The van der Waals surface area contributed by atoms with Gasteiger partial charge in [-0.3, -0.25) is 0 Å². The van der Waals surface area contributed by atoms with Crippen LogP contribution in [0.2, 0.25) is 10.0 Å². The molecule has 0 saturated heterocycles. The van der Waals surface area contributed by atoms with Crippen molar-refractivity contribution in [1.82, 2.24) is 0 Å². The Labute approximate surface area is 156 Å². The summed E-state index contributed by atoms with van der Waals surface area (Å²) < 4.78 is 11.0. The van der Waals surface area contributed by atoms with E-state index in [0.717, 1.165) is 5.56 Å². The largest absolute Gasteiger partial charge is 0.493 e. The number of methoxy groups -OCH3 is 1. The molecule has 0 spiro atoms. The zero-order valence-corrected chi connectivity index (χ0v) is 15.6. The molecule has 2 aromatic rings. The van der Waals surface area contributed by atoms with Gasteiger partial charge in [-0.1, -0.05) is 23.2 Å². The molecule has 0 amide bonds. The summed E-state index contributed by atoms with van der Waals surface area (Å²) in [6.07, 6.45) is -0.0229. The maximum absolute atomic E-state index is 11.0. The highest BCUT2D eigenvalue weighted by Gasteiger charge is 2.14. The summed E-state index contributed by atoms with van der Waals surface area (Å²) in [4.78, 5) is 11.0. The number of carbonyl (C=O) groups is 1. The molecular formula is C18H19Cl2NO4. The number of hydrogen-bond donors (Lipinski definition) is 2. The van der Waals surface area contributed by atoms with Crippen LogP contribution in [0.25, 0.3) is 0 Å². The lowest BCUT2D eigenvalue weighted by Gasteiger charge is -2.17. The van der Waals surface area contributed by atoms with Gasteiger partial charge in [-0.25, -0.2) is 4.79 Å². The number of nitrogens with one attached hydrogen (secondary N) is 1. The van der Waals surface area contributed by atoms with Crippen LogP contribution >= 0.6 is 23.2 Å². The van der Waals surface area contributed by atoms with Crippen molar-refractivity contribution in [3.8, 4) is 11.5 Å². The Kier molecular flexibility index (Phi) is 6.39. The number of ether oxygens (including phenoxy) is 2. The molecule has 5 nitrogen and oxygen atoms in total. The smallest absolute Gasteiger partial charge is 0.337 e. The van der Waals surface area contributed by atoms with E-state index in [1.807, 2.05) is 19.9 Å². The molecule has 0 bridgehead atoms. The van der Waals surface area contributed by atoms with Crippen LogP contribution in [0, 0.1) is 0 Å². The van der Waals surface area contributed by atoms with Crippen molar-refractivity contribution in [3.05, 3.63) is 51.5 Å². The number of aromatic carboxylic acids is 1. The van der Waals surface area contributed by atoms with Gasteiger partial charge in [0, 0.05) is 12.2 Å². The predicted octanol–water partition coefficient (Wildman–Crippen LogP) is 5.10. The molecule has 0 radical (unpaired) electrons. The van der Waals surface area contributed by atoms with Gasteiger partial charge in [0.25, 0.3) is 0 Å². The summed E-state index contributed by atoms with van der Waals surface area (Å²) in [5.41, 5.74) is 1.65. The first-order valence-electron chi connectivity index (χ1n) is 7.61. The molecule has 2 rings (SSSR count). The van der Waals surface area contributed by atoms with Crippen LogP contribution in [-0.2, 0) is 6.54 Å². The third kappa shape index (κ3) is 4.94. The molecule has 25 heavy (non-hydrogen) atoms. The Bertz CT molecular complexity index is 778. The van der Waals surface area contributed by atoms with Gasteiger partial charge in [0.2, 0.25) is 0 Å². The van der Waals surface area contributed by atoms with Gasteiger partial charge in [-0.2, -0.15) is 0 Å². The second kappa shape index (κ2) is 8.32. The van der Waals surface area contributed by atoms with Crippen molar-refractivity contribution in [1.29, 1.82) is 0 Å². The second-order valence-electron chi connectivity index (χ2n) is 5.63. The Balaban J connectivity index is 2.17. The Hall–Kier alpha value is -2.11. The van der Waals surface area contributed by atoms with Gasteiger partial charge in [0.05, 0.1) is 28.8 Å². The summed E-state index contributed by atoms with van der Waals surface area (Å²) in [5, 5.41) is 12.8. The summed E-state index contributed by atoms with van der Waals surface area (Å²) in [6.45, 7) is 4.28. The van der Waals surface area contributed by atoms with Crippen molar-refractivity contribution in [2.45, 2.75) is 26.5 Å². The van der Waals surface area contributed by atoms with Gasteiger partial charge in [-0.05, 0) is 49.7 Å². The van der Waals surface area contributed by atoms with Gasteiger partial charge >= 0.3 is 5.97 Å². The van der Waals surface area contributed by atoms with E-state index in [0.29, 0.717) is 28.8 Å². The third-order valence-electron chi connectivity index (χ3n) is 3.34. The van der Waals surface area contributed by atoms with Crippen molar-refractivity contribution < 1.29 is 19.4 Å². The maximum atomic E-state index is 11.0. The van der Waals surface area contributed by atoms with E-state index in [1.54, 1.807) is 25.3 Å². The van der Waals surface area contributed by atoms with Crippen LogP contribution in [0.3, 0.4) is 0 Å². The summed E-state index contributed by atoms with van der Waals surface area (Å²) >= 11 is 12.3. The Morgan fingerprint density at radius 2 is 1.92 bits per heavy atom. The minimum Gasteiger partial charge on any atom is -0.493 e. The number of halogens is 2. The SMILES string of the molecule is COc1cc(CNc2ccc(C(=O)O)c(Cl)c2)cc(Cl)c1OC(C)C. The molecule has 0 unspecified atom stereocenters. The van der Waals surface area contributed by atoms with Crippen LogP contribution in [0.4, 0.5) is 5.69 Å². The lowest BCUT2D eigenvalue weighted by Crippen LogP contribution is -2.08. The molecule has 0 aliphatic heterocycles.